The lowest BCUT2D eigenvalue weighted by Crippen LogP contribution is -2.14. The van der Waals surface area contributed by atoms with E-state index in [0.717, 1.165) is 4.47 Å². The van der Waals surface area contributed by atoms with E-state index in [9.17, 15) is 4.79 Å². The molecule has 1 heterocycles. The second-order valence-corrected chi connectivity index (χ2v) is 3.40. The molecule has 0 radical (unpaired) electrons. The van der Waals surface area contributed by atoms with Gasteiger partial charge in [-0.15, -0.1) is 0 Å². The maximum absolute atomic E-state index is 11.1. The lowest BCUT2D eigenvalue weighted by Gasteiger charge is -1.99. The van der Waals surface area contributed by atoms with E-state index < -0.39 is 5.97 Å². The molecule has 1 aromatic heterocycles. The van der Waals surface area contributed by atoms with Gasteiger partial charge in [0.15, 0.2) is 0 Å². The number of ether oxygens (including phenoxy) is 1. The van der Waals surface area contributed by atoms with E-state index in [0.29, 0.717) is 12.4 Å². The van der Waals surface area contributed by atoms with E-state index in [-0.39, 0.29) is 5.70 Å². The van der Waals surface area contributed by atoms with Crippen molar-refractivity contribution in [2.24, 2.45) is 5.73 Å². The lowest BCUT2D eigenvalue weighted by molar-refractivity contribution is -0.138. The first kappa shape index (κ1) is 10.8. The zero-order valence-corrected chi connectivity index (χ0v) is 9.21. The summed E-state index contributed by atoms with van der Waals surface area (Å²) in [6.45, 7) is 2.02. The predicted molar refractivity (Wildman–Crippen MR) is 55.2 cm³/mol. The molecule has 5 heteroatoms. The number of hydrogen-bond acceptors (Lipinski definition) is 4. The van der Waals surface area contributed by atoms with Crippen molar-refractivity contribution in [3.63, 3.8) is 0 Å². The number of carbonyl (C=O) groups excluding carboxylic acids is 1. The van der Waals surface area contributed by atoms with Gasteiger partial charge in [-0.1, -0.05) is 0 Å². The second kappa shape index (κ2) is 4.85. The molecule has 1 rings (SSSR count). The second-order valence-electron chi connectivity index (χ2n) is 2.49. The molecule has 76 valence electrons. The van der Waals surface area contributed by atoms with Gasteiger partial charge in [0.2, 0.25) is 0 Å². The summed E-state index contributed by atoms with van der Waals surface area (Å²) in [5, 5.41) is 0. The minimum Gasteiger partial charge on any atom is -0.464 e. The Morgan fingerprint density at radius 2 is 2.50 bits per heavy atom. The fourth-order valence-electron chi connectivity index (χ4n) is 0.831. The van der Waals surface area contributed by atoms with Crippen molar-refractivity contribution in [1.82, 2.24) is 0 Å². The summed E-state index contributed by atoms with van der Waals surface area (Å²) in [7, 11) is 0. The van der Waals surface area contributed by atoms with Gasteiger partial charge in [0.05, 0.1) is 11.1 Å². The molecule has 0 saturated heterocycles. The standard InChI is InChI=1S/C9H10BrNO3/c1-2-13-9(12)8(11)4-7-3-6(10)5-14-7/h3-5H,2,11H2,1H3/b8-4+. The number of rotatable bonds is 3. The van der Waals surface area contributed by atoms with Crippen LogP contribution >= 0.6 is 15.9 Å². The highest BCUT2D eigenvalue weighted by Crippen LogP contribution is 2.15. The summed E-state index contributed by atoms with van der Waals surface area (Å²) in [5.74, 6) is -0.0394. The zero-order chi connectivity index (χ0) is 10.6. The molecule has 2 N–H and O–H groups in total. The van der Waals surface area contributed by atoms with Crippen molar-refractivity contribution in [2.45, 2.75) is 6.92 Å². The van der Waals surface area contributed by atoms with Crippen LogP contribution in [0.4, 0.5) is 0 Å². The van der Waals surface area contributed by atoms with Crippen LogP contribution in [0.2, 0.25) is 0 Å². The fraction of sp³-hybridized carbons (Fsp3) is 0.222. The molecule has 0 aliphatic rings. The summed E-state index contributed by atoms with van der Waals surface area (Å²) in [5.41, 5.74) is 5.48. The first-order valence-corrected chi connectivity index (χ1v) is 4.81. The van der Waals surface area contributed by atoms with Gasteiger partial charge in [-0.3, -0.25) is 0 Å². The minimum atomic E-state index is -0.542. The molecule has 0 aromatic carbocycles. The Labute approximate surface area is 89.8 Å². The van der Waals surface area contributed by atoms with Crippen LogP contribution in [0.25, 0.3) is 6.08 Å². The highest BCUT2D eigenvalue weighted by atomic mass is 79.9. The number of furan rings is 1. The van der Waals surface area contributed by atoms with Gasteiger partial charge >= 0.3 is 5.97 Å². The predicted octanol–water partition coefficient (Wildman–Crippen LogP) is 1.90. The Bertz CT molecular complexity index is 357. The van der Waals surface area contributed by atoms with Crippen LogP contribution in [0.3, 0.4) is 0 Å². The Morgan fingerprint density at radius 3 is 3.00 bits per heavy atom. The summed E-state index contributed by atoms with van der Waals surface area (Å²) in [6.07, 6.45) is 2.92. The van der Waals surface area contributed by atoms with Crippen molar-refractivity contribution in [1.29, 1.82) is 0 Å². The molecule has 1 aromatic rings. The number of esters is 1. The lowest BCUT2D eigenvalue weighted by atomic mass is 10.3. The van der Waals surface area contributed by atoms with Crippen LogP contribution in [0.1, 0.15) is 12.7 Å². The molecular formula is C9H10BrNO3. The maximum atomic E-state index is 11.1. The first-order chi connectivity index (χ1) is 6.63. The van der Waals surface area contributed by atoms with Gasteiger partial charge in [-0.25, -0.2) is 4.79 Å². The molecule has 0 atom stereocenters. The Balaban J connectivity index is 2.73. The van der Waals surface area contributed by atoms with Crippen LogP contribution < -0.4 is 5.73 Å². The Morgan fingerprint density at radius 1 is 1.79 bits per heavy atom. The molecule has 0 spiro atoms. The molecule has 0 saturated carbocycles. The van der Waals surface area contributed by atoms with Crippen LogP contribution in [0.15, 0.2) is 26.9 Å². The van der Waals surface area contributed by atoms with Gasteiger partial charge in [0.1, 0.15) is 17.7 Å². The third-order valence-corrected chi connectivity index (χ3v) is 1.81. The molecule has 0 amide bonds. The summed E-state index contributed by atoms with van der Waals surface area (Å²) in [4.78, 5) is 11.1. The quantitative estimate of drug-likeness (QED) is 0.665. The third-order valence-electron chi connectivity index (χ3n) is 1.40. The van der Waals surface area contributed by atoms with E-state index >= 15 is 0 Å². The molecular weight excluding hydrogens is 250 g/mol. The smallest absolute Gasteiger partial charge is 0.354 e. The van der Waals surface area contributed by atoms with Crippen LogP contribution in [-0.4, -0.2) is 12.6 Å². The summed E-state index contributed by atoms with van der Waals surface area (Å²) >= 11 is 3.21. The van der Waals surface area contributed by atoms with E-state index in [4.69, 9.17) is 14.9 Å². The largest absolute Gasteiger partial charge is 0.464 e. The Hall–Kier alpha value is -1.23. The molecule has 4 nitrogen and oxygen atoms in total. The minimum absolute atomic E-state index is 0.0219. The average molecular weight is 260 g/mol. The molecule has 0 aliphatic carbocycles. The highest BCUT2D eigenvalue weighted by Gasteiger charge is 2.06. The van der Waals surface area contributed by atoms with Crippen molar-refractivity contribution < 1.29 is 13.9 Å². The Kier molecular flexibility index (Phi) is 3.76. The topological polar surface area (TPSA) is 65.5 Å². The van der Waals surface area contributed by atoms with E-state index in [1.54, 1.807) is 13.0 Å². The van der Waals surface area contributed by atoms with Gasteiger partial charge in [0, 0.05) is 6.08 Å². The summed E-state index contributed by atoms with van der Waals surface area (Å²) in [6, 6.07) is 1.70. The van der Waals surface area contributed by atoms with Gasteiger partial charge in [0.25, 0.3) is 0 Å². The van der Waals surface area contributed by atoms with Gasteiger partial charge in [-0.2, -0.15) is 0 Å². The van der Waals surface area contributed by atoms with Crippen LogP contribution in [-0.2, 0) is 9.53 Å². The number of nitrogens with two attached hydrogens (primary N) is 1. The monoisotopic (exact) mass is 259 g/mol. The molecule has 0 aliphatic heterocycles. The van der Waals surface area contributed by atoms with Crippen molar-refractivity contribution in [2.75, 3.05) is 6.61 Å². The normalized spacial score (nSPS) is 11.4. The van der Waals surface area contributed by atoms with E-state index in [1.165, 1.54) is 12.3 Å². The zero-order valence-electron chi connectivity index (χ0n) is 7.62. The molecule has 0 unspecified atom stereocenters. The average Bonchev–Trinajstić information content (AvgIpc) is 2.51. The van der Waals surface area contributed by atoms with Crippen LogP contribution in [0, 0.1) is 0 Å². The van der Waals surface area contributed by atoms with Crippen molar-refractivity contribution >= 4 is 28.0 Å². The fourth-order valence-corrected chi connectivity index (χ4v) is 1.15. The first-order valence-electron chi connectivity index (χ1n) is 4.01. The van der Waals surface area contributed by atoms with E-state index in [2.05, 4.69) is 15.9 Å². The third kappa shape index (κ3) is 2.92. The van der Waals surface area contributed by atoms with Crippen LogP contribution in [0.5, 0.6) is 0 Å². The summed E-state index contributed by atoms with van der Waals surface area (Å²) < 4.78 is 10.5. The number of hydrogen-bond donors (Lipinski definition) is 1. The van der Waals surface area contributed by atoms with Gasteiger partial charge in [-0.05, 0) is 28.9 Å². The number of halogens is 1. The van der Waals surface area contributed by atoms with E-state index in [1.807, 2.05) is 0 Å². The maximum Gasteiger partial charge on any atom is 0.354 e. The van der Waals surface area contributed by atoms with Crippen molar-refractivity contribution in [3.05, 3.63) is 28.3 Å². The SMILES string of the molecule is CCOC(=O)/C(N)=C\c1cc(Br)co1. The molecule has 14 heavy (non-hydrogen) atoms. The highest BCUT2D eigenvalue weighted by molar-refractivity contribution is 9.10. The molecule has 0 fully saturated rings. The number of carbonyl (C=O) groups is 1. The van der Waals surface area contributed by atoms with Gasteiger partial charge < -0.3 is 14.9 Å². The molecule has 0 bridgehead atoms. The van der Waals surface area contributed by atoms with Crippen molar-refractivity contribution in [3.8, 4) is 0 Å².